The molecule has 3 N–H and O–H groups in total. The number of hydrogen-bond donors (Lipinski definition) is 2. The summed E-state index contributed by atoms with van der Waals surface area (Å²) >= 11 is 0. The molecule has 10 heteroatoms. The Labute approximate surface area is 220 Å². The average molecular weight is 517 g/mol. The van der Waals surface area contributed by atoms with Crippen LogP contribution in [0.25, 0.3) is 16.9 Å². The van der Waals surface area contributed by atoms with Gasteiger partial charge in [0, 0.05) is 12.1 Å². The molecule has 1 aliphatic rings. The highest BCUT2D eigenvalue weighted by atomic mass is 16.6. The lowest BCUT2D eigenvalue weighted by Crippen LogP contribution is -2.41. The van der Waals surface area contributed by atoms with E-state index < -0.39 is 11.7 Å². The van der Waals surface area contributed by atoms with Crippen molar-refractivity contribution in [2.24, 2.45) is 0 Å². The fourth-order valence-electron chi connectivity index (χ4n) is 4.88. The van der Waals surface area contributed by atoms with Crippen molar-refractivity contribution < 1.29 is 14.3 Å². The number of carbonyl (C=O) groups is 1. The summed E-state index contributed by atoms with van der Waals surface area (Å²) in [6.07, 6.45) is 3.80. The van der Waals surface area contributed by atoms with Gasteiger partial charge < -0.3 is 20.5 Å². The molecule has 0 saturated heterocycles. The van der Waals surface area contributed by atoms with E-state index in [4.69, 9.17) is 15.2 Å². The standard InChI is InChI=1S/C28H32N6O4/c1-28(2,3)38-26(35)32-18-9-11-20(12-10-18)34-25-23(24(29)30-17-31-25)33(27(34)36)19-13-15-22(16-14-19)37-21-7-5-4-6-8-21/h4-8,13-18,20H,9-12H2,1-3H3,(H,32,35)(H2,29,30,31)/t18-,20+. The molecule has 2 aromatic carbocycles. The Balaban J connectivity index is 1.40. The third-order valence-corrected chi connectivity index (χ3v) is 6.54. The topological polar surface area (TPSA) is 126 Å². The molecule has 0 unspecified atom stereocenters. The third kappa shape index (κ3) is 5.34. The minimum atomic E-state index is -0.554. The van der Waals surface area contributed by atoms with E-state index in [-0.39, 0.29) is 23.6 Å². The summed E-state index contributed by atoms with van der Waals surface area (Å²) in [4.78, 5) is 34.6. The summed E-state index contributed by atoms with van der Waals surface area (Å²) in [6, 6.07) is 16.6. The van der Waals surface area contributed by atoms with Gasteiger partial charge in [0.15, 0.2) is 11.5 Å². The van der Waals surface area contributed by atoms with Gasteiger partial charge in [0.2, 0.25) is 0 Å². The first-order valence-electron chi connectivity index (χ1n) is 12.8. The van der Waals surface area contributed by atoms with Gasteiger partial charge in [-0.15, -0.1) is 0 Å². The molecule has 1 aliphatic carbocycles. The van der Waals surface area contributed by atoms with Crippen molar-refractivity contribution in [2.45, 2.75) is 64.1 Å². The van der Waals surface area contributed by atoms with E-state index in [1.165, 1.54) is 6.33 Å². The molecule has 5 rings (SSSR count). The minimum Gasteiger partial charge on any atom is -0.457 e. The number of nitrogens with two attached hydrogens (primary N) is 1. The lowest BCUT2D eigenvalue weighted by molar-refractivity contribution is 0.0488. The zero-order valence-corrected chi connectivity index (χ0v) is 21.8. The van der Waals surface area contributed by atoms with Crippen LogP contribution in [0.1, 0.15) is 52.5 Å². The molecule has 2 aromatic heterocycles. The number of imidazole rings is 1. The van der Waals surface area contributed by atoms with E-state index in [9.17, 15) is 9.59 Å². The summed E-state index contributed by atoms with van der Waals surface area (Å²) < 4.78 is 14.6. The molecule has 10 nitrogen and oxygen atoms in total. The number of hydrogen-bond acceptors (Lipinski definition) is 7. The van der Waals surface area contributed by atoms with E-state index in [2.05, 4.69) is 15.3 Å². The molecule has 1 saturated carbocycles. The normalized spacial score (nSPS) is 17.8. The van der Waals surface area contributed by atoms with Gasteiger partial charge in [-0.2, -0.15) is 0 Å². The van der Waals surface area contributed by atoms with Crippen LogP contribution in [0, 0.1) is 0 Å². The van der Waals surface area contributed by atoms with E-state index in [0.717, 1.165) is 18.6 Å². The fourth-order valence-corrected chi connectivity index (χ4v) is 4.88. The van der Waals surface area contributed by atoms with E-state index >= 15 is 0 Å². The number of rotatable bonds is 5. The predicted molar refractivity (Wildman–Crippen MR) is 145 cm³/mol. The highest BCUT2D eigenvalue weighted by Gasteiger charge is 2.30. The SMILES string of the molecule is CC(C)(C)OC(=O)N[C@H]1CC[C@@H](n2c(=O)n(-c3ccc(Oc4ccccc4)cc3)c3c(N)ncnc32)CC1. The number of benzene rings is 2. The van der Waals surface area contributed by atoms with Gasteiger partial charge in [0.1, 0.15) is 28.9 Å². The molecule has 0 atom stereocenters. The Hall–Kier alpha value is -4.34. The molecule has 38 heavy (non-hydrogen) atoms. The zero-order chi connectivity index (χ0) is 26.9. The van der Waals surface area contributed by atoms with Crippen LogP contribution in [0.15, 0.2) is 65.7 Å². The van der Waals surface area contributed by atoms with Crippen LogP contribution in [-0.4, -0.2) is 36.8 Å². The molecule has 0 aliphatic heterocycles. The van der Waals surface area contributed by atoms with E-state index in [1.54, 1.807) is 9.13 Å². The maximum absolute atomic E-state index is 13.8. The van der Waals surface area contributed by atoms with E-state index in [1.807, 2.05) is 75.4 Å². The number of amides is 1. The molecule has 1 amide bonds. The molecule has 4 aromatic rings. The fraction of sp³-hybridized carbons (Fsp3) is 0.357. The summed E-state index contributed by atoms with van der Waals surface area (Å²) in [7, 11) is 0. The number of para-hydroxylation sites is 1. The van der Waals surface area contributed by atoms with Crippen LogP contribution in [0.2, 0.25) is 0 Å². The van der Waals surface area contributed by atoms with Crippen molar-refractivity contribution in [3.05, 3.63) is 71.4 Å². The maximum atomic E-state index is 13.8. The highest BCUT2D eigenvalue weighted by molar-refractivity contribution is 5.84. The number of aromatic nitrogens is 4. The predicted octanol–water partition coefficient (Wildman–Crippen LogP) is 4.97. The van der Waals surface area contributed by atoms with Gasteiger partial charge in [0.25, 0.3) is 0 Å². The second kappa shape index (κ2) is 10.2. The van der Waals surface area contributed by atoms with Crippen molar-refractivity contribution in [1.82, 2.24) is 24.4 Å². The van der Waals surface area contributed by atoms with Crippen LogP contribution in [0.3, 0.4) is 0 Å². The molecule has 0 spiro atoms. The summed E-state index contributed by atoms with van der Waals surface area (Å²) in [6.45, 7) is 5.51. The van der Waals surface area contributed by atoms with Crippen LogP contribution in [0.5, 0.6) is 11.5 Å². The van der Waals surface area contributed by atoms with Crippen LogP contribution < -0.4 is 21.5 Å². The van der Waals surface area contributed by atoms with Gasteiger partial charge in [0.05, 0.1) is 5.69 Å². The summed E-state index contributed by atoms with van der Waals surface area (Å²) in [5, 5.41) is 2.95. The number of anilines is 1. The summed E-state index contributed by atoms with van der Waals surface area (Å²) in [5.41, 5.74) is 7.08. The van der Waals surface area contributed by atoms with Crippen LogP contribution in [-0.2, 0) is 4.74 Å². The first-order chi connectivity index (χ1) is 18.2. The Morgan fingerprint density at radius 2 is 1.63 bits per heavy atom. The quantitative estimate of drug-likeness (QED) is 0.384. The largest absolute Gasteiger partial charge is 0.457 e. The highest BCUT2D eigenvalue weighted by Crippen LogP contribution is 2.32. The van der Waals surface area contributed by atoms with Crippen LogP contribution >= 0.6 is 0 Å². The number of nitrogen functional groups attached to an aromatic ring is 1. The van der Waals surface area contributed by atoms with Gasteiger partial charge in [-0.05, 0) is 82.9 Å². The van der Waals surface area contributed by atoms with Gasteiger partial charge in [-0.25, -0.2) is 19.6 Å². The maximum Gasteiger partial charge on any atom is 0.407 e. The number of nitrogens with zero attached hydrogens (tertiary/aromatic N) is 4. The third-order valence-electron chi connectivity index (χ3n) is 6.54. The van der Waals surface area contributed by atoms with Crippen LogP contribution in [0.4, 0.5) is 10.6 Å². The Morgan fingerprint density at radius 3 is 2.29 bits per heavy atom. The monoisotopic (exact) mass is 516 g/mol. The lowest BCUT2D eigenvalue weighted by Gasteiger charge is -2.30. The molecule has 2 heterocycles. The van der Waals surface area contributed by atoms with Crippen molar-refractivity contribution in [1.29, 1.82) is 0 Å². The van der Waals surface area contributed by atoms with E-state index in [0.29, 0.717) is 35.4 Å². The lowest BCUT2D eigenvalue weighted by atomic mass is 9.91. The van der Waals surface area contributed by atoms with Gasteiger partial charge >= 0.3 is 11.8 Å². The zero-order valence-electron chi connectivity index (χ0n) is 21.8. The molecule has 0 bridgehead atoms. The number of nitrogens with one attached hydrogen (secondary N) is 1. The number of fused-ring (bicyclic) bond motifs is 1. The summed E-state index contributed by atoms with van der Waals surface area (Å²) in [5.74, 6) is 1.61. The molecular formula is C28H32N6O4. The first-order valence-corrected chi connectivity index (χ1v) is 12.8. The average Bonchev–Trinajstić information content (AvgIpc) is 3.17. The van der Waals surface area contributed by atoms with Crippen molar-refractivity contribution in [2.75, 3.05) is 5.73 Å². The molecule has 0 radical (unpaired) electrons. The minimum absolute atomic E-state index is 0.0120. The Morgan fingerprint density at radius 1 is 0.974 bits per heavy atom. The number of ether oxygens (including phenoxy) is 2. The van der Waals surface area contributed by atoms with Crippen molar-refractivity contribution in [3.63, 3.8) is 0 Å². The smallest absolute Gasteiger partial charge is 0.407 e. The second-order valence-corrected chi connectivity index (χ2v) is 10.5. The van der Waals surface area contributed by atoms with Crippen molar-refractivity contribution in [3.8, 4) is 17.2 Å². The first kappa shape index (κ1) is 25.3. The number of alkyl carbamates (subject to hydrolysis) is 1. The second-order valence-electron chi connectivity index (χ2n) is 10.5. The number of carbonyl (C=O) groups excluding carboxylic acids is 1. The molecule has 1 fully saturated rings. The Kier molecular flexibility index (Phi) is 6.79. The van der Waals surface area contributed by atoms with Crippen molar-refractivity contribution >= 4 is 23.1 Å². The molecule has 198 valence electrons. The van der Waals surface area contributed by atoms with Gasteiger partial charge in [-0.1, -0.05) is 18.2 Å². The Bertz CT molecular complexity index is 1480. The van der Waals surface area contributed by atoms with Gasteiger partial charge in [-0.3, -0.25) is 9.13 Å². The molecular weight excluding hydrogens is 484 g/mol.